The van der Waals surface area contributed by atoms with E-state index in [1.807, 2.05) is 0 Å². The van der Waals surface area contributed by atoms with E-state index in [0.29, 0.717) is 56.1 Å². The lowest BCUT2D eigenvalue weighted by molar-refractivity contribution is -0.144. The average molecular weight is 526 g/mol. The van der Waals surface area contributed by atoms with Crippen LogP contribution >= 0.6 is 11.5 Å². The molecule has 34 heavy (non-hydrogen) atoms. The number of nitrogens with zero attached hydrogens (tertiary/aromatic N) is 4. The first-order chi connectivity index (χ1) is 15.8. The Morgan fingerprint density at radius 3 is 2.24 bits per heavy atom. The van der Waals surface area contributed by atoms with E-state index in [0.717, 1.165) is 6.26 Å². The fourth-order valence-electron chi connectivity index (χ4n) is 4.10. The van der Waals surface area contributed by atoms with Crippen molar-refractivity contribution in [3.8, 4) is 0 Å². The van der Waals surface area contributed by atoms with Gasteiger partial charge in [-0.1, -0.05) is 0 Å². The maximum atomic E-state index is 14.4. The van der Waals surface area contributed by atoms with E-state index >= 15 is 0 Å². The number of halogens is 5. The molecule has 0 unspecified atom stereocenters. The molecule has 2 fully saturated rings. The second-order valence-electron chi connectivity index (χ2n) is 8.17. The van der Waals surface area contributed by atoms with Gasteiger partial charge in [-0.2, -0.15) is 22.5 Å². The van der Waals surface area contributed by atoms with Gasteiger partial charge < -0.3 is 15.1 Å². The third-order valence-electron chi connectivity index (χ3n) is 5.85. The summed E-state index contributed by atoms with van der Waals surface area (Å²) >= 11 is 0.669. The predicted molar refractivity (Wildman–Crippen MR) is 113 cm³/mol. The number of anilines is 2. The minimum Gasteiger partial charge on any atom is -0.369 e. The zero-order valence-electron chi connectivity index (χ0n) is 17.8. The topological polar surface area (TPSA) is 95.5 Å². The monoisotopic (exact) mass is 525 g/mol. The Bertz CT molecular complexity index is 1170. The van der Waals surface area contributed by atoms with Crippen LogP contribution < -0.4 is 10.2 Å². The number of sulfone groups is 1. The van der Waals surface area contributed by atoms with Crippen molar-refractivity contribution in [3.05, 3.63) is 29.6 Å². The molecular weight excluding hydrogens is 505 g/mol. The zero-order valence-corrected chi connectivity index (χ0v) is 19.4. The Morgan fingerprint density at radius 2 is 1.71 bits per heavy atom. The first kappa shape index (κ1) is 24.6. The molecule has 1 aromatic carbocycles. The third kappa shape index (κ3) is 4.94. The number of alkyl halides is 3. The van der Waals surface area contributed by atoms with Crippen LogP contribution in [-0.2, 0) is 20.8 Å². The van der Waals surface area contributed by atoms with Gasteiger partial charge in [-0.05, 0) is 31.4 Å². The van der Waals surface area contributed by atoms with Crippen molar-refractivity contribution in [2.24, 2.45) is 0 Å². The quantitative estimate of drug-likeness (QED) is 0.600. The number of carbonyl (C=O) groups excluding carboxylic acids is 1. The highest BCUT2D eigenvalue weighted by atomic mass is 32.2. The van der Waals surface area contributed by atoms with Gasteiger partial charge >= 0.3 is 6.18 Å². The van der Waals surface area contributed by atoms with E-state index in [1.54, 1.807) is 9.80 Å². The predicted octanol–water partition coefficient (Wildman–Crippen LogP) is 2.92. The molecule has 1 atom stereocenters. The van der Waals surface area contributed by atoms with Gasteiger partial charge in [0.1, 0.15) is 11.7 Å². The summed E-state index contributed by atoms with van der Waals surface area (Å²) in [6.07, 6.45) is -2.51. The van der Waals surface area contributed by atoms with Gasteiger partial charge in [0.25, 0.3) is 0 Å². The molecule has 8 nitrogen and oxygen atoms in total. The largest absolute Gasteiger partial charge is 0.452 e. The molecule has 4 rings (SSSR count). The highest BCUT2D eigenvalue weighted by Crippen LogP contribution is 2.33. The Balaban J connectivity index is 1.38. The summed E-state index contributed by atoms with van der Waals surface area (Å²) < 4.78 is 93.4. The molecular formula is C19H20F5N5O3S2. The SMILES string of the molecule is CS(=O)(=O)c1cc(F)c(N[C@H]2CCN(C3CCN(c4nc(C(F)(F)F)ns4)CC3)C2=O)c(F)c1. The van der Waals surface area contributed by atoms with Crippen molar-refractivity contribution in [1.29, 1.82) is 0 Å². The summed E-state index contributed by atoms with van der Waals surface area (Å²) in [5.41, 5.74) is -0.570. The number of piperidine rings is 1. The summed E-state index contributed by atoms with van der Waals surface area (Å²) in [4.78, 5) is 19.2. The molecule has 0 radical (unpaired) electrons. The number of nitrogens with one attached hydrogen (secondary N) is 1. The second-order valence-corrected chi connectivity index (χ2v) is 10.9. The van der Waals surface area contributed by atoms with Crippen LogP contribution in [0, 0.1) is 11.6 Å². The number of rotatable bonds is 5. The Hall–Kier alpha value is -2.55. The maximum Gasteiger partial charge on any atom is 0.452 e. The van der Waals surface area contributed by atoms with Crippen LogP contribution in [0.15, 0.2) is 17.0 Å². The first-order valence-corrected chi connectivity index (χ1v) is 12.9. The van der Waals surface area contributed by atoms with E-state index in [9.17, 15) is 35.2 Å². The fourth-order valence-corrected chi connectivity index (χ4v) is 5.48. The first-order valence-electron chi connectivity index (χ1n) is 10.3. The highest BCUT2D eigenvalue weighted by molar-refractivity contribution is 7.90. The summed E-state index contributed by atoms with van der Waals surface area (Å²) in [6.45, 7) is 1.12. The smallest absolute Gasteiger partial charge is 0.369 e. The highest BCUT2D eigenvalue weighted by Gasteiger charge is 2.39. The molecule has 2 aliphatic heterocycles. The third-order valence-corrected chi connectivity index (χ3v) is 7.72. The van der Waals surface area contributed by atoms with E-state index < -0.39 is 50.1 Å². The lowest BCUT2D eigenvalue weighted by atomic mass is 10.0. The van der Waals surface area contributed by atoms with Crippen molar-refractivity contribution in [2.75, 3.05) is 36.1 Å². The molecule has 15 heteroatoms. The van der Waals surface area contributed by atoms with Crippen LogP contribution in [0.2, 0.25) is 0 Å². The Kier molecular flexibility index (Phi) is 6.44. The Morgan fingerprint density at radius 1 is 1.09 bits per heavy atom. The number of likely N-dealkylation sites (tertiary alicyclic amines) is 1. The summed E-state index contributed by atoms with van der Waals surface area (Å²) in [6, 6.07) is 0.341. The number of aromatic nitrogens is 2. The molecule has 2 saturated heterocycles. The van der Waals surface area contributed by atoms with E-state index in [2.05, 4.69) is 14.7 Å². The van der Waals surface area contributed by atoms with E-state index in [4.69, 9.17) is 0 Å². The average Bonchev–Trinajstić information content (AvgIpc) is 3.37. The van der Waals surface area contributed by atoms with E-state index in [1.165, 1.54) is 0 Å². The summed E-state index contributed by atoms with van der Waals surface area (Å²) in [5, 5.41) is 2.72. The molecule has 0 aliphatic carbocycles. The van der Waals surface area contributed by atoms with Crippen LogP contribution in [0.1, 0.15) is 25.1 Å². The summed E-state index contributed by atoms with van der Waals surface area (Å²) in [7, 11) is -3.81. The van der Waals surface area contributed by atoms with Crippen LogP contribution in [-0.4, -0.2) is 66.6 Å². The number of benzene rings is 1. The lowest BCUT2D eigenvalue weighted by Crippen LogP contribution is -2.47. The van der Waals surface area contributed by atoms with Gasteiger partial charge in [0, 0.05) is 43.5 Å². The molecule has 1 N–H and O–H groups in total. The van der Waals surface area contributed by atoms with Gasteiger partial charge in [-0.25, -0.2) is 17.2 Å². The lowest BCUT2D eigenvalue weighted by Gasteiger charge is -2.36. The summed E-state index contributed by atoms with van der Waals surface area (Å²) in [5.74, 6) is -3.76. The minimum absolute atomic E-state index is 0.168. The molecule has 186 valence electrons. The van der Waals surface area contributed by atoms with Gasteiger partial charge in [0.15, 0.2) is 21.5 Å². The van der Waals surface area contributed by atoms with Crippen LogP contribution in [0.5, 0.6) is 0 Å². The van der Waals surface area contributed by atoms with Crippen molar-refractivity contribution < 1.29 is 35.2 Å². The maximum absolute atomic E-state index is 14.4. The van der Waals surface area contributed by atoms with Crippen molar-refractivity contribution in [3.63, 3.8) is 0 Å². The molecule has 3 heterocycles. The van der Waals surface area contributed by atoms with E-state index in [-0.39, 0.29) is 23.5 Å². The molecule has 1 aromatic heterocycles. The minimum atomic E-state index is -4.61. The van der Waals surface area contributed by atoms with Crippen molar-refractivity contribution in [1.82, 2.24) is 14.3 Å². The van der Waals surface area contributed by atoms with Crippen LogP contribution in [0.3, 0.4) is 0 Å². The standard InChI is InChI=1S/C19H20F5N5O3S2/c1-34(31,32)11-8-12(20)15(13(21)9-11)25-14-4-7-29(16(14)30)10-2-5-28(6-3-10)18-26-17(27-33-18)19(22,23)24/h8-10,14,25H,2-7H2,1H3/t14-/m0/s1. The van der Waals surface area contributed by atoms with Crippen LogP contribution in [0.25, 0.3) is 0 Å². The van der Waals surface area contributed by atoms with Gasteiger partial charge in [-0.3, -0.25) is 4.79 Å². The number of amides is 1. The molecule has 0 saturated carbocycles. The number of hydrogen-bond donors (Lipinski definition) is 1. The second kappa shape index (κ2) is 8.91. The molecule has 0 spiro atoms. The van der Waals surface area contributed by atoms with Crippen molar-refractivity contribution >= 4 is 38.1 Å². The molecule has 1 amide bonds. The number of carbonyl (C=O) groups is 1. The van der Waals surface area contributed by atoms with Crippen LogP contribution in [0.4, 0.5) is 32.8 Å². The van der Waals surface area contributed by atoms with Gasteiger partial charge in [0.05, 0.1) is 4.90 Å². The molecule has 2 aromatic rings. The molecule has 0 bridgehead atoms. The molecule has 2 aliphatic rings. The fraction of sp³-hybridized carbons (Fsp3) is 0.526. The number of hydrogen-bond acceptors (Lipinski definition) is 8. The van der Waals surface area contributed by atoms with Crippen molar-refractivity contribution in [2.45, 2.75) is 42.4 Å². The van der Waals surface area contributed by atoms with Gasteiger partial charge in [-0.15, -0.1) is 0 Å². The van der Waals surface area contributed by atoms with Gasteiger partial charge in [0.2, 0.25) is 16.9 Å². The Labute approximate surface area is 195 Å². The zero-order chi connectivity index (χ0) is 24.8. The normalized spacial score (nSPS) is 20.3.